The monoisotopic (exact) mass is 356 g/mol. The minimum atomic E-state index is -0.0113. The molecule has 23 heavy (non-hydrogen) atoms. The molecule has 0 aliphatic rings. The molecular formula is C16H22Cl2N4O. The highest BCUT2D eigenvalue weighted by Gasteiger charge is 2.18. The van der Waals surface area contributed by atoms with Crippen molar-refractivity contribution in [3.05, 3.63) is 28.2 Å². The Bertz CT molecular complexity index is 639. The van der Waals surface area contributed by atoms with Crippen molar-refractivity contribution in [3.63, 3.8) is 0 Å². The van der Waals surface area contributed by atoms with Crippen molar-refractivity contribution in [2.45, 2.75) is 33.2 Å². The summed E-state index contributed by atoms with van der Waals surface area (Å²) in [6.45, 7) is 6.40. The van der Waals surface area contributed by atoms with Crippen molar-refractivity contribution >= 4 is 29.2 Å². The fraction of sp³-hybridized carbons (Fsp3) is 0.500. The van der Waals surface area contributed by atoms with Crippen LogP contribution in [0.5, 0.6) is 0 Å². The van der Waals surface area contributed by atoms with E-state index in [4.69, 9.17) is 23.2 Å². The molecule has 1 heterocycles. The molecule has 0 radical (unpaired) electrons. The largest absolute Gasteiger partial charge is 0.394 e. The van der Waals surface area contributed by atoms with Crippen LogP contribution in [0.4, 0.5) is 5.95 Å². The third-order valence-electron chi connectivity index (χ3n) is 3.41. The summed E-state index contributed by atoms with van der Waals surface area (Å²) < 4.78 is 1.70. The van der Waals surface area contributed by atoms with Gasteiger partial charge in [-0.2, -0.15) is 4.98 Å². The van der Waals surface area contributed by atoms with E-state index in [-0.39, 0.29) is 6.61 Å². The molecule has 5 nitrogen and oxygen atoms in total. The summed E-state index contributed by atoms with van der Waals surface area (Å²) in [5, 5.41) is 15.0. The molecule has 1 aromatic carbocycles. The van der Waals surface area contributed by atoms with E-state index in [9.17, 15) is 5.11 Å². The first kappa shape index (κ1) is 18.0. The first-order chi connectivity index (χ1) is 11.1. The maximum atomic E-state index is 9.30. The number of halogens is 2. The van der Waals surface area contributed by atoms with E-state index in [0.717, 1.165) is 31.5 Å². The Morgan fingerprint density at radius 1 is 1.17 bits per heavy atom. The summed E-state index contributed by atoms with van der Waals surface area (Å²) >= 11 is 12.3. The van der Waals surface area contributed by atoms with Gasteiger partial charge in [-0.1, -0.05) is 37.0 Å². The molecule has 126 valence electrons. The molecule has 0 amide bonds. The second-order valence-electron chi connectivity index (χ2n) is 5.29. The summed E-state index contributed by atoms with van der Waals surface area (Å²) in [6.07, 6.45) is 2.04. The molecule has 7 heteroatoms. The van der Waals surface area contributed by atoms with Crippen LogP contribution in [0.3, 0.4) is 0 Å². The van der Waals surface area contributed by atoms with E-state index in [2.05, 4.69) is 28.8 Å². The maximum absolute atomic E-state index is 9.30. The van der Waals surface area contributed by atoms with Crippen LogP contribution >= 0.6 is 23.2 Å². The van der Waals surface area contributed by atoms with E-state index in [0.29, 0.717) is 28.4 Å². The van der Waals surface area contributed by atoms with Gasteiger partial charge in [0.25, 0.3) is 0 Å². The minimum Gasteiger partial charge on any atom is -0.394 e. The second-order valence-corrected chi connectivity index (χ2v) is 6.14. The molecule has 0 aliphatic heterocycles. The van der Waals surface area contributed by atoms with Crippen molar-refractivity contribution in [2.75, 3.05) is 24.6 Å². The molecule has 1 N–H and O–H groups in total. The first-order valence-corrected chi connectivity index (χ1v) is 8.62. The van der Waals surface area contributed by atoms with Crippen LogP contribution in [-0.2, 0) is 6.54 Å². The molecule has 0 unspecified atom stereocenters. The molecule has 0 saturated heterocycles. The molecular weight excluding hydrogens is 335 g/mol. The zero-order valence-electron chi connectivity index (χ0n) is 13.5. The Morgan fingerprint density at radius 3 is 2.43 bits per heavy atom. The summed E-state index contributed by atoms with van der Waals surface area (Å²) in [7, 11) is 0. The third-order valence-corrected chi connectivity index (χ3v) is 3.96. The number of benzene rings is 1. The molecule has 0 bridgehead atoms. The summed E-state index contributed by atoms with van der Waals surface area (Å²) in [4.78, 5) is 6.82. The number of anilines is 1. The highest BCUT2D eigenvalue weighted by molar-refractivity contribution is 6.36. The van der Waals surface area contributed by atoms with Crippen molar-refractivity contribution < 1.29 is 5.11 Å². The molecule has 2 rings (SSSR count). The van der Waals surface area contributed by atoms with Gasteiger partial charge < -0.3 is 10.0 Å². The van der Waals surface area contributed by atoms with Gasteiger partial charge in [0, 0.05) is 23.7 Å². The Hall–Kier alpha value is -1.30. The average Bonchev–Trinajstić information content (AvgIpc) is 2.91. The highest BCUT2D eigenvalue weighted by atomic mass is 35.5. The summed E-state index contributed by atoms with van der Waals surface area (Å²) in [5.74, 6) is 1.32. The fourth-order valence-corrected chi connectivity index (χ4v) is 2.93. The predicted molar refractivity (Wildman–Crippen MR) is 95.4 cm³/mol. The van der Waals surface area contributed by atoms with Crippen LogP contribution in [0.15, 0.2) is 18.2 Å². The Morgan fingerprint density at radius 2 is 1.87 bits per heavy atom. The molecule has 1 aromatic heterocycles. The Kier molecular flexibility index (Phi) is 6.69. The second kappa shape index (κ2) is 8.52. The van der Waals surface area contributed by atoms with Crippen LogP contribution in [0.25, 0.3) is 11.4 Å². The topological polar surface area (TPSA) is 54.2 Å². The van der Waals surface area contributed by atoms with Gasteiger partial charge in [0.15, 0.2) is 5.82 Å². The molecule has 0 aliphatic carbocycles. The minimum absolute atomic E-state index is 0.0113. The van der Waals surface area contributed by atoms with E-state index in [1.165, 1.54) is 0 Å². The van der Waals surface area contributed by atoms with Crippen LogP contribution in [-0.4, -0.2) is 39.6 Å². The van der Waals surface area contributed by atoms with Crippen molar-refractivity contribution in [3.8, 4) is 11.4 Å². The van der Waals surface area contributed by atoms with Crippen LogP contribution < -0.4 is 4.90 Å². The molecule has 0 saturated carbocycles. The maximum Gasteiger partial charge on any atom is 0.245 e. The van der Waals surface area contributed by atoms with Crippen molar-refractivity contribution in [2.24, 2.45) is 0 Å². The molecule has 0 atom stereocenters. The lowest BCUT2D eigenvalue weighted by Gasteiger charge is -2.18. The smallest absolute Gasteiger partial charge is 0.245 e. The number of hydrogen-bond donors (Lipinski definition) is 1. The zero-order chi connectivity index (χ0) is 16.8. The normalized spacial score (nSPS) is 11.0. The van der Waals surface area contributed by atoms with E-state index in [1.54, 1.807) is 16.8 Å². The zero-order valence-corrected chi connectivity index (χ0v) is 15.0. The van der Waals surface area contributed by atoms with Crippen LogP contribution in [0.2, 0.25) is 10.0 Å². The Balaban J connectivity index is 2.45. The van der Waals surface area contributed by atoms with Crippen LogP contribution in [0.1, 0.15) is 26.7 Å². The van der Waals surface area contributed by atoms with Gasteiger partial charge >= 0.3 is 0 Å². The third kappa shape index (κ3) is 4.37. The summed E-state index contributed by atoms with van der Waals surface area (Å²) in [6, 6.07) is 5.29. The average molecular weight is 357 g/mol. The summed E-state index contributed by atoms with van der Waals surface area (Å²) in [5.41, 5.74) is 0.760. The SMILES string of the molecule is CCCN(CCC)c1nc(-c2ccc(Cl)cc2Cl)n(CCO)n1. The van der Waals surface area contributed by atoms with E-state index < -0.39 is 0 Å². The molecule has 2 aromatic rings. The number of aliphatic hydroxyl groups is 1. The van der Waals surface area contributed by atoms with Gasteiger partial charge in [-0.05, 0) is 31.0 Å². The first-order valence-electron chi connectivity index (χ1n) is 7.86. The van der Waals surface area contributed by atoms with Gasteiger partial charge in [0.1, 0.15) is 0 Å². The molecule has 0 spiro atoms. The van der Waals surface area contributed by atoms with E-state index in [1.807, 2.05) is 6.07 Å². The lowest BCUT2D eigenvalue weighted by atomic mass is 10.2. The van der Waals surface area contributed by atoms with Gasteiger partial charge in [0.05, 0.1) is 18.2 Å². The molecule has 0 fully saturated rings. The standard InChI is InChI=1S/C16H22Cl2N4O/c1-3-7-21(8-4-2)16-19-15(22(20-16)9-10-23)13-6-5-12(17)11-14(13)18/h5-6,11,23H,3-4,7-10H2,1-2H3. The number of aromatic nitrogens is 3. The fourth-order valence-electron chi connectivity index (χ4n) is 2.44. The lowest BCUT2D eigenvalue weighted by Crippen LogP contribution is -2.26. The Labute approximate surface area is 146 Å². The number of hydrogen-bond acceptors (Lipinski definition) is 4. The lowest BCUT2D eigenvalue weighted by molar-refractivity contribution is 0.270. The van der Waals surface area contributed by atoms with E-state index >= 15 is 0 Å². The number of nitrogens with zero attached hydrogens (tertiary/aromatic N) is 4. The number of aliphatic hydroxyl groups excluding tert-OH is 1. The van der Waals surface area contributed by atoms with Gasteiger partial charge in [-0.25, -0.2) is 4.68 Å². The van der Waals surface area contributed by atoms with Gasteiger partial charge in [-0.3, -0.25) is 0 Å². The quantitative estimate of drug-likeness (QED) is 0.779. The van der Waals surface area contributed by atoms with Crippen molar-refractivity contribution in [1.29, 1.82) is 0 Å². The van der Waals surface area contributed by atoms with Gasteiger partial charge in [0.2, 0.25) is 5.95 Å². The number of rotatable bonds is 8. The van der Waals surface area contributed by atoms with Crippen LogP contribution in [0, 0.1) is 0 Å². The predicted octanol–water partition coefficient (Wildman–Crippen LogP) is 3.87. The highest BCUT2D eigenvalue weighted by Crippen LogP contribution is 2.30. The van der Waals surface area contributed by atoms with Crippen molar-refractivity contribution in [1.82, 2.24) is 14.8 Å². The van der Waals surface area contributed by atoms with Gasteiger partial charge in [-0.15, -0.1) is 5.10 Å².